The number of benzene rings is 3. The van der Waals surface area contributed by atoms with E-state index in [0.29, 0.717) is 5.56 Å². The fraction of sp³-hybridized carbons (Fsp3) is 0.136. The van der Waals surface area contributed by atoms with E-state index in [1.54, 1.807) is 12.1 Å². The summed E-state index contributed by atoms with van der Waals surface area (Å²) in [7, 11) is 14.9. The summed E-state index contributed by atoms with van der Waals surface area (Å²) in [5.74, 6) is -1.82. The van der Waals surface area contributed by atoms with Gasteiger partial charge in [0.2, 0.25) is 0 Å². The van der Waals surface area contributed by atoms with Gasteiger partial charge in [0, 0.05) is 0 Å². The Morgan fingerprint density at radius 1 is 0.893 bits per heavy atom. The monoisotopic (exact) mass is 504 g/mol. The van der Waals surface area contributed by atoms with Crippen LogP contribution in [0.3, 0.4) is 0 Å². The van der Waals surface area contributed by atoms with E-state index in [1.807, 2.05) is 30.3 Å². The Labute approximate surface area is 175 Å². The van der Waals surface area contributed by atoms with Crippen LogP contribution in [0.25, 0.3) is 11.1 Å². The maximum absolute atomic E-state index is 13.1. The average molecular weight is 507 g/mol. The van der Waals surface area contributed by atoms with Gasteiger partial charge in [-0.25, -0.2) is 0 Å². The Kier molecular flexibility index (Phi) is 5.20. The quantitative estimate of drug-likeness (QED) is 0.379. The van der Waals surface area contributed by atoms with Gasteiger partial charge in [-0.15, -0.1) is 0 Å². The molecule has 6 heteroatoms. The summed E-state index contributed by atoms with van der Waals surface area (Å²) < 4.78 is 4.23. The number of fused-ring (bicyclic) bond motifs is 3. The van der Waals surface area contributed by atoms with Gasteiger partial charge in [-0.3, -0.25) is 0 Å². The molecule has 3 aromatic rings. The van der Waals surface area contributed by atoms with Gasteiger partial charge in [-0.2, -0.15) is 0 Å². The average Bonchev–Trinajstić information content (AvgIpc) is 3.07. The Hall–Kier alpha value is -1.19. The molecule has 0 saturated heterocycles. The van der Waals surface area contributed by atoms with Crippen LogP contribution < -0.4 is 6.53 Å². The van der Waals surface area contributed by atoms with Crippen molar-refractivity contribution in [2.24, 2.45) is 0 Å². The molecule has 0 heterocycles. The Bertz CT molecular complexity index is 1070. The second kappa shape index (κ2) is 7.25. The number of hydrogen-bond donors (Lipinski definition) is 1. The first-order chi connectivity index (χ1) is 13.3. The number of amides is 1. The van der Waals surface area contributed by atoms with E-state index in [4.69, 9.17) is 17.0 Å². The zero-order chi connectivity index (χ0) is 20.0. The fourth-order valence-corrected chi connectivity index (χ4v) is 21.7. The van der Waals surface area contributed by atoms with Crippen LogP contribution in [-0.2, 0) is 22.3 Å². The van der Waals surface area contributed by atoms with Gasteiger partial charge in [0.05, 0.1) is 0 Å². The first-order valence-corrected chi connectivity index (χ1v) is 25.4. The summed E-state index contributed by atoms with van der Waals surface area (Å²) in [4.78, 5) is 13.1. The van der Waals surface area contributed by atoms with E-state index < -0.39 is 21.8 Å². The molecule has 1 aliphatic carbocycles. The number of nitrogens with one attached hydrogen (secondary N) is 1. The number of hydrogen-bond acceptors (Lipinski definition) is 1. The molecule has 1 N–H and O–H groups in total. The van der Waals surface area contributed by atoms with Crippen LogP contribution in [0.4, 0.5) is 0 Å². The predicted octanol–water partition coefficient (Wildman–Crippen LogP) is 5.21. The zero-order valence-corrected chi connectivity index (χ0v) is 21.0. The molecule has 2 nitrogen and oxygen atoms in total. The molecule has 1 aliphatic rings. The van der Waals surface area contributed by atoms with Crippen LogP contribution in [0.5, 0.6) is 0 Å². The van der Waals surface area contributed by atoms with Gasteiger partial charge in [0.1, 0.15) is 0 Å². The molecular weight excluding hydrogens is 484 g/mol. The minimum absolute atomic E-state index is 0.175. The van der Waals surface area contributed by atoms with Crippen molar-refractivity contribution in [2.75, 3.05) is 0 Å². The third-order valence-electron chi connectivity index (χ3n) is 5.74. The number of carbonyl (C=O) groups is 1. The molecule has 0 bridgehead atoms. The number of carbonyl (C=O) groups excluding carboxylic acids is 1. The van der Waals surface area contributed by atoms with E-state index in [1.165, 1.54) is 22.3 Å². The van der Waals surface area contributed by atoms with Crippen LogP contribution >= 0.6 is 17.0 Å². The molecule has 0 aliphatic heterocycles. The predicted molar refractivity (Wildman–Crippen MR) is 119 cm³/mol. The van der Waals surface area contributed by atoms with Gasteiger partial charge >= 0.3 is 176 Å². The van der Waals surface area contributed by atoms with Crippen molar-refractivity contribution in [2.45, 2.75) is 19.5 Å². The van der Waals surface area contributed by atoms with Crippen molar-refractivity contribution < 1.29 is 20.6 Å². The second-order valence-electron chi connectivity index (χ2n) is 7.72. The molecular formula is C22H22Cl2NOSiZr. The number of rotatable bonds is 4. The SMILES string of the molecule is C[SiH](C)[Zr]([Cl])([Cl])([NH]C(=O)c1ccccc1)[c]1cccc2c1Cc1ccccc1-2. The van der Waals surface area contributed by atoms with Crippen molar-refractivity contribution in [3.8, 4) is 11.1 Å². The topological polar surface area (TPSA) is 29.1 Å². The summed E-state index contributed by atoms with van der Waals surface area (Å²) in [6.07, 6.45) is 0.813. The molecule has 28 heavy (non-hydrogen) atoms. The van der Waals surface area contributed by atoms with E-state index in [2.05, 4.69) is 46.7 Å². The van der Waals surface area contributed by atoms with Gasteiger partial charge in [0.25, 0.3) is 0 Å². The molecule has 0 radical (unpaired) electrons. The first-order valence-electron chi connectivity index (χ1n) is 9.46. The molecule has 143 valence electrons. The van der Waals surface area contributed by atoms with Crippen molar-refractivity contribution in [1.82, 2.24) is 3.26 Å². The van der Waals surface area contributed by atoms with Crippen molar-refractivity contribution in [3.05, 3.63) is 89.5 Å². The summed E-state index contributed by atoms with van der Waals surface area (Å²) in [6, 6.07) is 23.8. The van der Waals surface area contributed by atoms with Gasteiger partial charge < -0.3 is 0 Å². The van der Waals surface area contributed by atoms with Gasteiger partial charge in [-0.05, 0) is 0 Å². The molecule has 0 spiro atoms. The van der Waals surface area contributed by atoms with Crippen LogP contribution in [0.1, 0.15) is 21.5 Å². The molecule has 4 rings (SSSR count). The molecule has 0 atom stereocenters. The molecule has 0 fully saturated rings. The van der Waals surface area contributed by atoms with Crippen LogP contribution in [-0.4, -0.2) is 11.8 Å². The summed E-state index contributed by atoms with van der Waals surface area (Å²) in [6.45, 7) is 4.30. The summed E-state index contributed by atoms with van der Waals surface area (Å²) in [5.41, 5.74) is 5.50. The molecule has 0 saturated carbocycles. The van der Waals surface area contributed by atoms with E-state index in [0.717, 1.165) is 9.69 Å². The number of halogens is 2. The van der Waals surface area contributed by atoms with Crippen molar-refractivity contribution in [3.63, 3.8) is 0 Å². The van der Waals surface area contributed by atoms with Gasteiger partial charge in [0.15, 0.2) is 0 Å². The van der Waals surface area contributed by atoms with E-state index in [-0.39, 0.29) is 5.91 Å². The Morgan fingerprint density at radius 2 is 1.54 bits per heavy atom. The van der Waals surface area contributed by atoms with Gasteiger partial charge in [-0.1, -0.05) is 0 Å². The molecule has 3 aromatic carbocycles. The van der Waals surface area contributed by atoms with E-state index >= 15 is 0 Å². The third kappa shape index (κ3) is 3.25. The van der Waals surface area contributed by atoms with Crippen LogP contribution in [0, 0.1) is 0 Å². The molecule has 0 aromatic heterocycles. The molecule has 0 unspecified atom stereocenters. The summed E-state index contributed by atoms with van der Waals surface area (Å²) >= 11 is -4.77. The Balaban J connectivity index is 1.84. The maximum atomic E-state index is 13.1. The minimum atomic E-state index is -4.77. The van der Waals surface area contributed by atoms with Crippen LogP contribution in [0.15, 0.2) is 72.8 Å². The third-order valence-corrected chi connectivity index (χ3v) is 49.7. The second-order valence-corrected chi connectivity index (χ2v) is 47.4. The fourth-order valence-electron chi connectivity index (χ4n) is 3.98. The van der Waals surface area contributed by atoms with E-state index in [9.17, 15) is 4.79 Å². The normalized spacial score (nSPS) is 14.1. The zero-order valence-electron chi connectivity index (χ0n) is 15.9. The van der Waals surface area contributed by atoms with Crippen molar-refractivity contribution in [1.29, 1.82) is 0 Å². The molecule has 1 amide bonds. The van der Waals surface area contributed by atoms with Crippen LogP contribution in [0.2, 0.25) is 13.1 Å². The van der Waals surface area contributed by atoms with Crippen molar-refractivity contribution >= 4 is 32.1 Å². The Morgan fingerprint density at radius 3 is 2.25 bits per heavy atom. The first kappa shape index (κ1) is 20.1. The standard InChI is InChI=1S/C13H9.C7H7NO.C2H7Si.2ClH.Zr/c1-3-7-12-10(5-1)9-11-6-2-4-8-13(11)12;8-7(9)6-4-2-1-3-5-6;1-3-2;;;/h1-5,7-8H,9H2;1-5H,(H2,8,9);3H,1-2H3;2*1H;/q;;;;;+3/p-3. The summed E-state index contributed by atoms with van der Waals surface area (Å²) in [5, 5.41) is 0.